The molecular formula is C16H26N4O2S. The molecule has 0 N–H and O–H groups in total. The first-order chi connectivity index (χ1) is 11.0. The lowest BCUT2D eigenvalue weighted by Gasteiger charge is -2.31. The SMILES string of the molecule is CN1CCN(S(=O)(=O)c2ccc(N(C)CCC3CC3)nc2)CC1. The summed E-state index contributed by atoms with van der Waals surface area (Å²) < 4.78 is 26.9. The summed E-state index contributed by atoms with van der Waals surface area (Å²) in [5.41, 5.74) is 0. The number of hydrogen-bond donors (Lipinski definition) is 0. The largest absolute Gasteiger partial charge is 0.360 e. The lowest BCUT2D eigenvalue weighted by atomic mass is 10.3. The van der Waals surface area contributed by atoms with Crippen LogP contribution < -0.4 is 4.90 Å². The van der Waals surface area contributed by atoms with Gasteiger partial charge in [0.1, 0.15) is 10.7 Å². The number of piperazine rings is 1. The Morgan fingerprint density at radius 2 is 1.91 bits per heavy atom. The van der Waals surface area contributed by atoms with Crippen LogP contribution >= 0.6 is 0 Å². The summed E-state index contributed by atoms with van der Waals surface area (Å²) >= 11 is 0. The van der Waals surface area contributed by atoms with Crippen LogP contribution in [-0.4, -0.2) is 69.4 Å². The summed E-state index contributed by atoms with van der Waals surface area (Å²) in [4.78, 5) is 8.90. The van der Waals surface area contributed by atoms with Crippen LogP contribution in [0.4, 0.5) is 5.82 Å². The van der Waals surface area contributed by atoms with Crippen molar-refractivity contribution >= 4 is 15.8 Å². The third kappa shape index (κ3) is 4.02. The molecule has 0 amide bonds. The number of anilines is 1. The van der Waals surface area contributed by atoms with Crippen LogP contribution in [0.2, 0.25) is 0 Å². The minimum absolute atomic E-state index is 0.293. The van der Waals surface area contributed by atoms with Crippen molar-refractivity contribution < 1.29 is 8.42 Å². The zero-order chi connectivity index (χ0) is 16.4. The van der Waals surface area contributed by atoms with Crippen LogP contribution in [0.5, 0.6) is 0 Å². The van der Waals surface area contributed by atoms with Crippen LogP contribution in [0, 0.1) is 5.92 Å². The minimum atomic E-state index is -3.42. The normalized spacial score (nSPS) is 20.6. The zero-order valence-corrected chi connectivity index (χ0v) is 14.8. The standard InChI is InChI=1S/C16H26N4O2S/c1-18-9-11-20(12-10-18)23(21,22)15-5-6-16(17-13-15)19(2)8-7-14-3-4-14/h5-6,13-14H,3-4,7-12H2,1-2H3. The van der Waals surface area contributed by atoms with Gasteiger partial charge in [-0.05, 0) is 31.5 Å². The predicted octanol–water partition coefficient (Wildman–Crippen LogP) is 1.25. The Morgan fingerprint density at radius 3 is 2.48 bits per heavy atom. The van der Waals surface area contributed by atoms with E-state index in [1.165, 1.54) is 25.5 Å². The van der Waals surface area contributed by atoms with E-state index in [1.54, 1.807) is 10.4 Å². The van der Waals surface area contributed by atoms with E-state index in [0.29, 0.717) is 18.0 Å². The fourth-order valence-electron chi connectivity index (χ4n) is 2.83. The number of aromatic nitrogens is 1. The second-order valence-corrected chi connectivity index (χ2v) is 8.65. The number of hydrogen-bond acceptors (Lipinski definition) is 5. The molecule has 2 heterocycles. The Morgan fingerprint density at radius 1 is 1.22 bits per heavy atom. The molecule has 0 bridgehead atoms. The fourth-order valence-corrected chi connectivity index (χ4v) is 4.19. The maximum absolute atomic E-state index is 12.7. The average molecular weight is 338 g/mol. The van der Waals surface area contributed by atoms with Crippen LogP contribution in [0.15, 0.2) is 23.2 Å². The van der Waals surface area contributed by atoms with E-state index in [2.05, 4.69) is 14.8 Å². The van der Waals surface area contributed by atoms with Crippen molar-refractivity contribution in [2.24, 2.45) is 5.92 Å². The first-order valence-corrected chi connectivity index (χ1v) is 9.77. The molecule has 7 heteroatoms. The maximum Gasteiger partial charge on any atom is 0.244 e. The second-order valence-electron chi connectivity index (χ2n) is 6.71. The van der Waals surface area contributed by atoms with Crippen LogP contribution in [-0.2, 0) is 10.0 Å². The molecule has 2 aliphatic rings. The zero-order valence-electron chi connectivity index (χ0n) is 14.0. The van der Waals surface area contributed by atoms with E-state index in [1.807, 2.05) is 20.2 Å². The smallest absolute Gasteiger partial charge is 0.244 e. The Hall–Kier alpha value is -1.18. The van der Waals surface area contributed by atoms with Crippen molar-refractivity contribution in [3.05, 3.63) is 18.3 Å². The van der Waals surface area contributed by atoms with Crippen LogP contribution in [0.25, 0.3) is 0 Å². The number of pyridine rings is 1. The van der Waals surface area contributed by atoms with Gasteiger partial charge >= 0.3 is 0 Å². The lowest BCUT2D eigenvalue weighted by Crippen LogP contribution is -2.47. The first-order valence-electron chi connectivity index (χ1n) is 8.33. The minimum Gasteiger partial charge on any atom is -0.360 e. The van der Waals surface area contributed by atoms with Crippen LogP contribution in [0.3, 0.4) is 0 Å². The van der Waals surface area contributed by atoms with Crippen molar-refractivity contribution in [1.82, 2.24) is 14.2 Å². The molecule has 1 aromatic rings. The van der Waals surface area contributed by atoms with Gasteiger partial charge in [-0.15, -0.1) is 0 Å². The van der Waals surface area contributed by atoms with Gasteiger partial charge in [-0.2, -0.15) is 4.31 Å². The topological polar surface area (TPSA) is 56.8 Å². The highest BCUT2D eigenvalue weighted by Crippen LogP contribution is 2.32. The van der Waals surface area contributed by atoms with Crippen molar-refractivity contribution in [2.45, 2.75) is 24.2 Å². The molecule has 1 aliphatic heterocycles. The molecular weight excluding hydrogens is 312 g/mol. The number of rotatable bonds is 6. The van der Waals surface area contributed by atoms with Crippen LogP contribution in [0.1, 0.15) is 19.3 Å². The van der Waals surface area contributed by atoms with Crippen molar-refractivity contribution in [3.63, 3.8) is 0 Å². The lowest BCUT2D eigenvalue weighted by molar-refractivity contribution is 0.222. The van der Waals surface area contributed by atoms with Gasteiger partial charge in [0.05, 0.1) is 0 Å². The molecule has 0 atom stereocenters. The molecule has 0 aromatic carbocycles. The molecule has 6 nitrogen and oxygen atoms in total. The monoisotopic (exact) mass is 338 g/mol. The van der Waals surface area contributed by atoms with Gasteiger partial charge in [-0.3, -0.25) is 0 Å². The molecule has 128 valence electrons. The number of sulfonamides is 1. The molecule has 3 rings (SSSR count). The summed E-state index contributed by atoms with van der Waals surface area (Å²) in [5, 5.41) is 0. The fraction of sp³-hybridized carbons (Fsp3) is 0.688. The van der Waals surface area contributed by atoms with Gasteiger partial charge in [0.2, 0.25) is 10.0 Å². The molecule has 23 heavy (non-hydrogen) atoms. The van der Waals surface area contributed by atoms with Gasteiger partial charge in [-0.1, -0.05) is 12.8 Å². The molecule has 1 aliphatic carbocycles. The highest BCUT2D eigenvalue weighted by atomic mass is 32.2. The number of nitrogens with zero attached hydrogens (tertiary/aromatic N) is 4. The summed E-state index contributed by atoms with van der Waals surface area (Å²) in [5.74, 6) is 1.72. The highest BCUT2D eigenvalue weighted by Gasteiger charge is 2.28. The molecule has 0 spiro atoms. The van der Waals surface area contributed by atoms with Gasteiger partial charge in [0, 0.05) is 46.0 Å². The third-order valence-electron chi connectivity index (χ3n) is 4.78. The van der Waals surface area contributed by atoms with E-state index in [4.69, 9.17) is 0 Å². The Kier molecular flexibility index (Phi) is 4.89. The molecule has 0 unspecified atom stereocenters. The van der Waals surface area contributed by atoms with Gasteiger partial charge in [0.15, 0.2) is 0 Å². The quantitative estimate of drug-likeness (QED) is 0.781. The molecule has 1 saturated carbocycles. The Balaban J connectivity index is 1.65. The Bertz CT molecular complexity index is 620. The maximum atomic E-state index is 12.7. The third-order valence-corrected chi connectivity index (χ3v) is 6.66. The average Bonchev–Trinajstić information content (AvgIpc) is 3.37. The van der Waals surface area contributed by atoms with Crippen molar-refractivity contribution in [2.75, 3.05) is 51.7 Å². The molecule has 1 saturated heterocycles. The Labute approximate surface area is 139 Å². The summed E-state index contributed by atoms with van der Waals surface area (Å²) in [6, 6.07) is 3.50. The summed E-state index contributed by atoms with van der Waals surface area (Å²) in [6.07, 6.45) is 5.39. The van der Waals surface area contributed by atoms with Crippen molar-refractivity contribution in [1.29, 1.82) is 0 Å². The van der Waals surface area contributed by atoms with E-state index >= 15 is 0 Å². The van der Waals surface area contributed by atoms with E-state index in [-0.39, 0.29) is 0 Å². The second kappa shape index (κ2) is 6.75. The molecule has 1 aromatic heterocycles. The predicted molar refractivity (Wildman–Crippen MR) is 91.1 cm³/mol. The van der Waals surface area contributed by atoms with Gasteiger partial charge in [-0.25, -0.2) is 13.4 Å². The van der Waals surface area contributed by atoms with E-state index < -0.39 is 10.0 Å². The summed E-state index contributed by atoms with van der Waals surface area (Å²) in [7, 11) is 0.607. The van der Waals surface area contributed by atoms with E-state index in [9.17, 15) is 8.42 Å². The van der Waals surface area contributed by atoms with Gasteiger partial charge < -0.3 is 9.80 Å². The highest BCUT2D eigenvalue weighted by molar-refractivity contribution is 7.89. The number of likely N-dealkylation sites (N-methyl/N-ethyl adjacent to an activating group) is 1. The van der Waals surface area contributed by atoms with E-state index in [0.717, 1.165) is 31.4 Å². The first kappa shape index (κ1) is 16.7. The molecule has 2 fully saturated rings. The van der Waals surface area contributed by atoms with Crippen molar-refractivity contribution in [3.8, 4) is 0 Å². The summed E-state index contributed by atoms with van der Waals surface area (Å²) in [6.45, 7) is 3.61. The van der Waals surface area contributed by atoms with Gasteiger partial charge in [0.25, 0.3) is 0 Å². The molecule has 0 radical (unpaired) electrons.